The van der Waals surface area contributed by atoms with E-state index >= 15 is 0 Å². The van der Waals surface area contributed by atoms with Crippen LogP contribution in [-0.2, 0) is 9.53 Å². The monoisotopic (exact) mass is 319 g/mol. The Bertz CT molecular complexity index is 445. The summed E-state index contributed by atoms with van der Waals surface area (Å²) < 4.78 is 5.46. The lowest BCUT2D eigenvalue weighted by Crippen LogP contribution is -2.48. The zero-order valence-corrected chi connectivity index (χ0v) is 12.6. The number of benzene rings is 1. The number of halogens is 2. The number of hydrogen-bond acceptors (Lipinski definition) is 4. The summed E-state index contributed by atoms with van der Waals surface area (Å²) in [4.78, 5) is 14.0. The van der Waals surface area contributed by atoms with Crippen molar-refractivity contribution in [3.8, 4) is 0 Å². The Morgan fingerprint density at radius 3 is 2.95 bits per heavy atom. The molecule has 1 aromatic rings. The molecule has 5 nitrogen and oxygen atoms in total. The zero-order valence-electron chi connectivity index (χ0n) is 11.0. The number of carbonyl (C=O) groups excluding carboxylic acids is 1. The number of nitrogens with one attached hydrogen (secondary N) is 1. The molecule has 0 radical (unpaired) electrons. The van der Waals surface area contributed by atoms with E-state index in [0.717, 1.165) is 6.54 Å². The van der Waals surface area contributed by atoms with E-state index in [-0.39, 0.29) is 24.4 Å². The van der Waals surface area contributed by atoms with Gasteiger partial charge < -0.3 is 15.8 Å². The Morgan fingerprint density at radius 2 is 2.25 bits per heavy atom. The molecule has 2 rings (SSSR count). The minimum atomic E-state index is -0.0780. The largest absolute Gasteiger partial charge is 0.374 e. The molecular weight excluding hydrogens is 301 g/mol. The van der Waals surface area contributed by atoms with Crippen LogP contribution in [0.15, 0.2) is 24.3 Å². The predicted molar refractivity (Wildman–Crippen MR) is 82.6 cm³/mol. The first kappa shape index (κ1) is 17.2. The second-order valence-corrected chi connectivity index (χ2v) is 4.90. The fraction of sp³-hybridized carbons (Fsp3) is 0.462. The van der Waals surface area contributed by atoms with E-state index in [9.17, 15) is 4.79 Å². The van der Waals surface area contributed by atoms with Crippen LogP contribution in [0.25, 0.3) is 0 Å². The van der Waals surface area contributed by atoms with E-state index in [0.29, 0.717) is 37.0 Å². The summed E-state index contributed by atoms with van der Waals surface area (Å²) in [5.74, 6) is -0.0780. The number of ether oxygens (including phenoxy) is 1. The van der Waals surface area contributed by atoms with Gasteiger partial charge in [0, 0.05) is 19.6 Å². The van der Waals surface area contributed by atoms with Crippen LogP contribution < -0.4 is 11.1 Å². The Balaban J connectivity index is 0.00000200. The maximum absolute atomic E-state index is 11.9. The van der Waals surface area contributed by atoms with Gasteiger partial charge in [-0.05, 0) is 12.1 Å². The molecule has 0 aliphatic carbocycles. The molecule has 1 aromatic carbocycles. The van der Waals surface area contributed by atoms with Crippen LogP contribution in [0.2, 0.25) is 5.02 Å². The van der Waals surface area contributed by atoms with E-state index in [1.807, 2.05) is 17.0 Å². The first-order valence-electron chi connectivity index (χ1n) is 6.27. The van der Waals surface area contributed by atoms with Crippen LogP contribution in [0.3, 0.4) is 0 Å². The number of nitrogens with two attached hydrogens (primary N) is 1. The standard InChI is InChI=1S/C13H18ClN3O2.ClH/c14-11-3-1-2-4-12(11)16-13(18)9-17-5-6-19-10(7-15)8-17;/h1-4,10H,5-9,15H2,(H,16,18);1H. The van der Waals surface area contributed by atoms with Crippen molar-refractivity contribution >= 4 is 35.6 Å². The second kappa shape index (κ2) is 8.44. The summed E-state index contributed by atoms with van der Waals surface area (Å²) in [6, 6.07) is 7.19. The Morgan fingerprint density at radius 1 is 1.50 bits per heavy atom. The lowest BCUT2D eigenvalue weighted by atomic mass is 10.2. The lowest BCUT2D eigenvalue weighted by Gasteiger charge is -2.31. The highest BCUT2D eigenvalue weighted by molar-refractivity contribution is 6.33. The predicted octanol–water partition coefficient (Wildman–Crippen LogP) is 1.36. The molecule has 1 unspecified atom stereocenters. The molecule has 0 saturated carbocycles. The highest BCUT2D eigenvalue weighted by atomic mass is 35.5. The first-order chi connectivity index (χ1) is 9.19. The number of rotatable bonds is 4. The van der Waals surface area contributed by atoms with E-state index in [4.69, 9.17) is 22.1 Å². The van der Waals surface area contributed by atoms with Crippen LogP contribution in [-0.4, -0.2) is 49.7 Å². The molecule has 0 bridgehead atoms. The normalized spacial score (nSPS) is 19.2. The third kappa shape index (κ3) is 4.92. The van der Waals surface area contributed by atoms with Crippen molar-refractivity contribution in [2.75, 3.05) is 38.1 Å². The molecule has 1 fully saturated rings. The SMILES string of the molecule is Cl.NCC1CN(CC(=O)Nc2ccccc2Cl)CCO1. The summed E-state index contributed by atoms with van der Waals surface area (Å²) in [6.45, 7) is 2.84. The van der Waals surface area contributed by atoms with Gasteiger partial charge in [-0.2, -0.15) is 0 Å². The molecule has 0 spiro atoms. The van der Waals surface area contributed by atoms with Gasteiger partial charge in [-0.1, -0.05) is 23.7 Å². The average Bonchev–Trinajstić information content (AvgIpc) is 2.41. The van der Waals surface area contributed by atoms with Crippen molar-refractivity contribution in [2.24, 2.45) is 5.73 Å². The highest BCUT2D eigenvalue weighted by Crippen LogP contribution is 2.20. The third-order valence-electron chi connectivity index (χ3n) is 3.00. The molecule has 1 saturated heterocycles. The molecule has 1 amide bonds. The van der Waals surface area contributed by atoms with Gasteiger partial charge in [0.05, 0.1) is 30.0 Å². The quantitative estimate of drug-likeness (QED) is 0.879. The molecule has 1 aliphatic rings. The number of carbonyl (C=O) groups is 1. The maximum atomic E-state index is 11.9. The van der Waals surface area contributed by atoms with Gasteiger partial charge in [0.1, 0.15) is 0 Å². The molecule has 0 aromatic heterocycles. The smallest absolute Gasteiger partial charge is 0.238 e. The summed E-state index contributed by atoms with van der Waals surface area (Å²) in [5.41, 5.74) is 6.21. The van der Waals surface area contributed by atoms with Crippen LogP contribution in [0.1, 0.15) is 0 Å². The van der Waals surface area contributed by atoms with Crippen molar-refractivity contribution in [2.45, 2.75) is 6.10 Å². The van der Waals surface area contributed by atoms with Crippen LogP contribution in [0.5, 0.6) is 0 Å². The van der Waals surface area contributed by atoms with Crippen LogP contribution in [0.4, 0.5) is 5.69 Å². The Kier molecular flexibility index (Phi) is 7.26. The summed E-state index contributed by atoms with van der Waals surface area (Å²) in [6.07, 6.45) is 0.0156. The minimum Gasteiger partial charge on any atom is -0.374 e. The number of morpholine rings is 1. The lowest BCUT2D eigenvalue weighted by molar-refractivity contribution is -0.119. The Labute approximate surface area is 129 Å². The number of amides is 1. The van der Waals surface area contributed by atoms with Crippen LogP contribution >= 0.6 is 24.0 Å². The van der Waals surface area contributed by atoms with Crippen molar-refractivity contribution in [1.82, 2.24) is 4.90 Å². The van der Waals surface area contributed by atoms with Gasteiger partial charge in [-0.3, -0.25) is 9.69 Å². The summed E-state index contributed by atoms with van der Waals surface area (Å²) >= 11 is 5.99. The van der Waals surface area contributed by atoms with E-state index in [2.05, 4.69) is 5.32 Å². The van der Waals surface area contributed by atoms with Crippen molar-refractivity contribution in [3.63, 3.8) is 0 Å². The van der Waals surface area contributed by atoms with Crippen LogP contribution in [0, 0.1) is 0 Å². The van der Waals surface area contributed by atoms with Gasteiger partial charge in [-0.15, -0.1) is 12.4 Å². The molecule has 3 N–H and O–H groups in total. The van der Waals surface area contributed by atoms with E-state index in [1.165, 1.54) is 0 Å². The maximum Gasteiger partial charge on any atom is 0.238 e. The third-order valence-corrected chi connectivity index (χ3v) is 3.33. The molecule has 20 heavy (non-hydrogen) atoms. The van der Waals surface area contributed by atoms with Gasteiger partial charge in [-0.25, -0.2) is 0 Å². The summed E-state index contributed by atoms with van der Waals surface area (Å²) in [5, 5.41) is 3.35. The Hall–Kier alpha value is -0.850. The first-order valence-corrected chi connectivity index (χ1v) is 6.65. The van der Waals surface area contributed by atoms with Gasteiger partial charge in [0.2, 0.25) is 5.91 Å². The zero-order chi connectivity index (χ0) is 13.7. The van der Waals surface area contributed by atoms with Crippen molar-refractivity contribution in [1.29, 1.82) is 0 Å². The highest BCUT2D eigenvalue weighted by Gasteiger charge is 2.21. The average molecular weight is 320 g/mol. The molecule has 7 heteroatoms. The molecular formula is C13H19Cl2N3O2. The van der Waals surface area contributed by atoms with E-state index in [1.54, 1.807) is 12.1 Å². The minimum absolute atomic E-state index is 0. The molecule has 1 atom stereocenters. The second-order valence-electron chi connectivity index (χ2n) is 4.49. The molecule has 112 valence electrons. The molecule has 1 heterocycles. The number of hydrogen-bond donors (Lipinski definition) is 2. The number of para-hydroxylation sites is 1. The fourth-order valence-corrected chi connectivity index (χ4v) is 2.21. The van der Waals surface area contributed by atoms with Gasteiger partial charge in [0.15, 0.2) is 0 Å². The molecule has 1 aliphatic heterocycles. The topological polar surface area (TPSA) is 67.6 Å². The van der Waals surface area contributed by atoms with Gasteiger partial charge >= 0.3 is 0 Å². The number of nitrogens with zero attached hydrogens (tertiary/aromatic N) is 1. The summed E-state index contributed by atoms with van der Waals surface area (Å²) in [7, 11) is 0. The van der Waals surface area contributed by atoms with E-state index < -0.39 is 0 Å². The number of anilines is 1. The van der Waals surface area contributed by atoms with Crippen molar-refractivity contribution in [3.05, 3.63) is 29.3 Å². The van der Waals surface area contributed by atoms with Crippen molar-refractivity contribution < 1.29 is 9.53 Å². The fourth-order valence-electron chi connectivity index (χ4n) is 2.02. The van der Waals surface area contributed by atoms with Gasteiger partial charge in [0.25, 0.3) is 0 Å².